The number of esters is 2. The van der Waals surface area contributed by atoms with E-state index in [-0.39, 0.29) is 47.6 Å². The third-order valence-electron chi connectivity index (χ3n) is 5.45. The number of anilines is 1. The molecule has 6 heteroatoms. The molecule has 5 atom stereocenters. The Kier molecular flexibility index (Phi) is 3.55. The summed E-state index contributed by atoms with van der Waals surface area (Å²) < 4.78 is 10.3. The van der Waals surface area contributed by atoms with E-state index in [2.05, 4.69) is 5.32 Å². The summed E-state index contributed by atoms with van der Waals surface area (Å²) in [5.74, 6) is -0.877. The lowest BCUT2D eigenvalue weighted by atomic mass is 9.79. The van der Waals surface area contributed by atoms with E-state index >= 15 is 0 Å². The first-order valence-electron chi connectivity index (χ1n) is 8.37. The zero-order chi connectivity index (χ0) is 16.8. The zero-order valence-corrected chi connectivity index (χ0v) is 13.4. The maximum absolute atomic E-state index is 12.6. The molecule has 1 amide bonds. The van der Waals surface area contributed by atoms with E-state index in [4.69, 9.17) is 9.47 Å². The van der Waals surface area contributed by atoms with Crippen molar-refractivity contribution in [2.75, 3.05) is 11.9 Å². The van der Waals surface area contributed by atoms with Crippen LogP contribution in [0.3, 0.4) is 0 Å². The fourth-order valence-corrected chi connectivity index (χ4v) is 4.49. The van der Waals surface area contributed by atoms with Gasteiger partial charge < -0.3 is 14.8 Å². The second-order valence-corrected chi connectivity index (χ2v) is 6.71. The van der Waals surface area contributed by atoms with Gasteiger partial charge in [0, 0.05) is 11.6 Å². The number of hydrogen-bond donors (Lipinski definition) is 1. The molecule has 1 aliphatic heterocycles. The number of carbonyl (C=O) groups is 3. The summed E-state index contributed by atoms with van der Waals surface area (Å²) in [5.41, 5.74) is 1.05. The topological polar surface area (TPSA) is 81.7 Å². The molecular weight excluding hydrogens is 310 g/mol. The minimum absolute atomic E-state index is 0.0282. The zero-order valence-electron chi connectivity index (χ0n) is 13.4. The molecule has 2 aliphatic carbocycles. The first-order valence-corrected chi connectivity index (χ1v) is 8.37. The minimum Gasteiger partial charge on any atom is -0.462 e. The van der Waals surface area contributed by atoms with Crippen molar-refractivity contribution in [3.63, 3.8) is 0 Å². The van der Waals surface area contributed by atoms with Crippen molar-refractivity contribution in [2.24, 2.45) is 23.7 Å². The molecule has 1 saturated heterocycles. The number of carbonyl (C=O) groups excluding carboxylic acids is 3. The Morgan fingerprint density at radius 1 is 1.25 bits per heavy atom. The van der Waals surface area contributed by atoms with Gasteiger partial charge in [0.25, 0.3) is 0 Å². The van der Waals surface area contributed by atoms with Crippen LogP contribution in [-0.4, -0.2) is 30.6 Å². The van der Waals surface area contributed by atoms with Crippen molar-refractivity contribution in [1.29, 1.82) is 0 Å². The highest BCUT2D eigenvalue weighted by Gasteiger charge is 2.63. The van der Waals surface area contributed by atoms with Crippen molar-refractivity contribution in [3.05, 3.63) is 29.8 Å². The molecule has 24 heavy (non-hydrogen) atoms. The molecular formula is C18H19NO5. The second kappa shape index (κ2) is 5.61. The Bertz CT molecular complexity index is 696. The van der Waals surface area contributed by atoms with E-state index < -0.39 is 0 Å². The van der Waals surface area contributed by atoms with E-state index in [0.29, 0.717) is 17.9 Å². The summed E-state index contributed by atoms with van der Waals surface area (Å²) in [6.07, 6.45) is 1.73. The molecule has 3 aliphatic rings. The van der Waals surface area contributed by atoms with Crippen molar-refractivity contribution in [3.8, 4) is 0 Å². The van der Waals surface area contributed by atoms with Gasteiger partial charge in [0.15, 0.2) is 0 Å². The van der Waals surface area contributed by atoms with Crippen LogP contribution in [0.4, 0.5) is 5.69 Å². The predicted octanol–water partition coefficient (Wildman–Crippen LogP) is 2.00. The molecule has 6 nitrogen and oxygen atoms in total. The number of benzene rings is 1. The predicted molar refractivity (Wildman–Crippen MR) is 84.1 cm³/mol. The number of nitrogens with one attached hydrogen (secondary N) is 1. The summed E-state index contributed by atoms with van der Waals surface area (Å²) in [4.78, 5) is 36.3. The van der Waals surface area contributed by atoms with Gasteiger partial charge in [-0.05, 0) is 49.9 Å². The first kappa shape index (κ1) is 15.2. The van der Waals surface area contributed by atoms with Crippen LogP contribution in [0.25, 0.3) is 0 Å². The average Bonchev–Trinajstić information content (AvgIpc) is 3.17. The van der Waals surface area contributed by atoms with Gasteiger partial charge >= 0.3 is 11.9 Å². The highest BCUT2D eigenvalue weighted by atomic mass is 16.6. The molecule has 0 unspecified atom stereocenters. The summed E-state index contributed by atoms with van der Waals surface area (Å²) in [6, 6.07) is 6.59. The van der Waals surface area contributed by atoms with Gasteiger partial charge in [0.05, 0.1) is 24.0 Å². The summed E-state index contributed by atoms with van der Waals surface area (Å²) >= 11 is 0. The van der Waals surface area contributed by atoms with Crippen molar-refractivity contribution >= 4 is 23.5 Å². The van der Waals surface area contributed by atoms with Crippen molar-refractivity contribution < 1.29 is 23.9 Å². The molecule has 3 fully saturated rings. The molecule has 1 N–H and O–H groups in total. The summed E-state index contributed by atoms with van der Waals surface area (Å²) in [5, 5.41) is 2.87. The molecule has 126 valence electrons. The third-order valence-corrected chi connectivity index (χ3v) is 5.45. The van der Waals surface area contributed by atoms with Gasteiger partial charge in [-0.15, -0.1) is 0 Å². The molecule has 0 aromatic heterocycles. The van der Waals surface area contributed by atoms with Crippen LogP contribution in [0.2, 0.25) is 0 Å². The quantitative estimate of drug-likeness (QED) is 0.855. The molecule has 4 rings (SSSR count). The molecule has 0 radical (unpaired) electrons. The first-order chi connectivity index (χ1) is 11.6. The van der Waals surface area contributed by atoms with E-state index in [1.165, 1.54) is 0 Å². The lowest BCUT2D eigenvalue weighted by molar-refractivity contribution is -0.145. The van der Waals surface area contributed by atoms with Crippen LogP contribution >= 0.6 is 0 Å². The van der Waals surface area contributed by atoms with Crippen LogP contribution in [-0.2, 0) is 19.1 Å². The second-order valence-electron chi connectivity index (χ2n) is 6.71. The Morgan fingerprint density at radius 3 is 2.71 bits per heavy atom. The number of rotatable bonds is 4. The van der Waals surface area contributed by atoms with Gasteiger partial charge in [-0.3, -0.25) is 9.59 Å². The van der Waals surface area contributed by atoms with E-state index in [1.807, 2.05) is 0 Å². The number of amides is 1. The van der Waals surface area contributed by atoms with Gasteiger partial charge in [-0.25, -0.2) is 4.79 Å². The molecule has 1 aromatic carbocycles. The number of ether oxygens (including phenoxy) is 2. The van der Waals surface area contributed by atoms with Crippen LogP contribution < -0.4 is 5.32 Å². The lowest BCUT2D eigenvalue weighted by Crippen LogP contribution is -2.35. The van der Waals surface area contributed by atoms with Gasteiger partial charge in [0.1, 0.15) is 6.10 Å². The highest BCUT2D eigenvalue weighted by molar-refractivity contribution is 5.97. The van der Waals surface area contributed by atoms with Crippen LogP contribution in [0.15, 0.2) is 24.3 Å². The molecule has 1 aromatic rings. The highest BCUT2D eigenvalue weighted by Crippen LogP contribution is 2.57. The average molecular weight is 329 g/mol. The maximum atomic E-state index is 12.6. The van der Waals surface area contributed by atoms with Gasteiger partial charge in [-0.1, -0.05) is 0 Å². The summed E-state index contributed by atoms with van der Waals surface area (Å²) in [7, 11) is 0. The lowest BCUT2D eigenvalue weighted by Gasteiger charge is -2.23. The van der Waals surface area contributed by atoms with Gasteiger partial charge in [0.2, 0.25) is 5.91 Å². The van der Waals surface area contributed by atoms with Gasteiger partial charge in [-0.2, -0.15) is 0 Å². The normalized spacial score (nSPS) is 32.5. The molecule has 0 spiro atoms. The van der Waals surface area contributed by atoms with Crippen LogP contribution in [0.1, 0.15) is 30.1 Å². The van der Waals surface area contributed by atoms with E-state index in [9.17, 15) is 14.4 Å². The summed E-state index contributed by atoms with van der Waals surface area (Å²) in [6.45, 7) is 2.07. The number of fused-ring (bicyclic) bond motifs is 1. The van der Waals surface area contributed by atoms with Crippen LogP contribution in [0, 0.1) is 23.7 Å². The molecule has 2 bridgehead atoms. The minimum atomic E-state index is -0.386. The Balaban J connectivity index is 1.45. The van der Waals surface area contributed by atoms with Crippen LogP contribution in [0.5, 0.6) is 0 Å². The SMILES string of the molecule is CCOC(=O)c1ccc(NC(=O)[C@H]2[C@@H]3C[C@H]4[C@H]2C(=O)O[C@H]4C3)cc1. The Hall–Kier alpha value is -2.37. The monoisotopic (exact) mass is 329 g/mol. The maximum Gasteiger partial charge on any atom is 0.338 e. The largest absolute Gasteiger partial charge is 0.462 e. The number of hydrogen-bond acceptors (Lipinski definition) is 5. The molecule has 1 heterocycles. The van der Waals surface area contributed by atoms with E-state index in [0.717, 1.165) is 12.8 Å². The smallest absolute Gasteiger partial charge is 0.338 e. The fourth-order valence-electron chi connectivity index (χ4n) is 4.49. The third kappa shape index (κ3) is 2.28. The van der Waals surface area contributed by atoms with Crippen molar-refractivity contribution in [1.82, 2.24) is 0 Å². The van der Waals surface area contributed by atoms with E-state index in [1.54, 1.807) is 31.2 Å². The molecule has 2 saturated carbocycles. The standard InChI is InChI=1S/C18H19NO5/c1-2-23-17(21)9-3-5-11(6-4-9)19-16(20)14-10-7-12-13(8-10)24-18(22)15(12)14/h3-6,10,12-15H,2,7-8H2,1H3,(H,19,20)/t10-,12-,13+,14+,15-/m1/s1. The Morgan fingerprint density at radius 2 is 2.00 bits per heavy atom. The fraction of sp³-hybridized carbons (Fsp3) is 0.500. The Labute approximate surface area is 139 Å². The van der Waals surface area contributed by atoms with Crippen molar-refractivity contribution in [2.45, 2.75) is 25.9 Å².